The smallest absolute Gasteiger partial charge is 0.0537 e. The number of fused-ring (bicyclic) bond motifs is 1. The second kappa shape index (κ2) is 5.78. The van der Waals surface area contributed by atoms with Crippen LogP contribution >= 0.6 is 11.8 Å². The van der Waals surface area contributed by atoms with Crippen LogP contribution < -0.4 is 4.90 Å². The van der Waals surface area contributed by atoms with Crippen molar-refractivity contribution >= 4 is 17.4 Å². The third kappa shape index (κ3) is 2.61. The first kappa shape index (κ1) is 12.8. The van der Waals surface area contributed by atoms with Crippen molar-refractivity contribution in [2.75, 3.05) is 24.3 Å². The summed E-state index contributed by atoms with van der Waals surface area (Å²) in [6, 6.07) is 7.17. The molecule has 0 amide bonds. The molecule has 2 rings (SSSR count). The van der Waals surface area contributed by atoms with Gasteiger partial charge < -0.3 is 10.0 Å². The number of hydrogen-bond acceptors (Lipinski definition) is 3. The molecule has 1 aliphatic rings. The van der Waals surface area contributed by atoms with Crippen LogP contribution in [0.3, 0.4) is 0 Å². The van der Waals surface area contributed by atoms with Crippen molar-refractivity contribution < 1.29 is 5.11 Å². The van der Waals surface area contributed by atoms with Gasteiger partial charge in [0.2, 0.25) is 0 Å². The predicted octanol–water partition coefficient (Wildman–Crippen LogP) is 2.93. The molecular formula is C14H21NOS. The van der Waals surface area contributed by atoms with E-state index in [1.165, 1.54) is 16.1 Å². The highest BCUT2D eigenvalue weighted by Gasteiger charge is 2.25. The molecule has 1 aliphatic heterocycles. The van der Waals surface area contributed by atoms with E-state index >= 15 is 0 Å². The second-order valence-electron chi connectivity index (χ2n) is 4.56. The lowest BCUT2D eigenvalue weighted by atomic mass is 10.1. The van der Waals surface area contributed by atoms with E-state index in [0.717, 1.165) is 25.0 Å². The zero-order valence-electron chi connectivity index (χ0n) is 10.6. The van der Waals surface area contributed by atoms with Crippen molar-refractivity contribution in [3.8, 4) is 0 Å². The molecule has 94 valence electrons. The highest BCUT2D eigenvalue weighted by atomic mass is 32.2. The molecule has 0 saturated carbocycles. The van der Waals surface area contributed by atoms with Crippen LogP contribution in [0.15, 0.2) is 23.1 Å². The maximum atomic E-state index is 8.95. The van der Waals surface area contributed by atoms with Gasteiger partial charge in [-0.15, -0.1) is 11.8 Å². The Morgan fingerprint density at radius 1 is 1.47 bits per heavy atom. The molecule has 2 nitrogen and oxygen atoms in total. The van der Waals surface area contributed by atoms with Crippen LogP contribution in [0.25, 0.3) is 0 Å². The summed E-state index contributed by atoms with van der Waals surface area (Å²) >= 11 is 1.96. The average molecular weight is 251 g/mol. The summed E-state index contributed by atoms with van der Waals surface area (Å²) in [5.74, 6) is 1.14. The summed E-state index contributed by atoms with van der Waals surface area (Å²) in [6.07, 6.45) is 3.07. The molecule has 1 aromatic carbocycles. The number of aryl methyl sites for hydroxylation is 1. The molecule has 17 heavy (non-hydrogen) atoms. The van der Waals surface area contributed by atoms with Gasteiger partial charge in [0.05, 0.1) is 5.69 Å². The number of aliphatic hydroxyl groups excluding tert-OH is 1. The van der Waals surface area contributed by atoms with E-state index in [0.29, 0.717) is 12.6 Å². The number of para-hydroxylation sites is 1. The van der Waals surface area contributed by atoms with Crippen molar-refractivity contribution in [2.45, 2.75) is 37.1 Å². The molecule has 0 bridgehead atoms. The fourth-order valence-corrected chi connectivity index (χ4v) is 3.80. The lowest BCUT2D eigenvalue weighted by Crippen LogP contribution is -2.37. The Balaban J connectivity index is 2.24. The fourth-order valence-electron chi connectivity index (χ4n) is 2.45. The predicted molar refractivity (Wildman–Crippen MR) is 75.1 cm³/mol. The summed E-state index contributed by atoms with van der Waals surface area (Å²) in [5.41, 5.74) is 2.85. The Hall–Kier alpha value is -0.670. The Kier molecular flexibility index (Phi) is 4.35. The van der Waals surface area contributed by atoms with Gasteiger partial charge in [-0.25, -0.2) is 0 Å². The van der Waals surface area contributed by atoms with Gasteiger partial charge in [-0.2, -0.15) is 0 Å². The van der Waals surface area contributed by atoms with Crippen molar-refractivity contribution in [3.63, 3.8) is 0 Å². The first-order valence-corrected chi connectivity index (χ1v) is 7.34. The number of nitrogens with zero attached hydrogens (tertiary/aromatic N) is 1. The molecular weight excluding hydrogens is 230 g/mol. The largest absolute Gasteiger partial charge is 0.396 e. The Morgan fingerprint density at radius 3 is 3.00 bits per heavy atom. The number of rotatable bonds is 4. The first-order valence-electron chi connectivity index (χ1n) is 6.36. The van der Waals surface area contributed by atoms with Crippen LogP contribution in [0.5, 0.6) is 0 Å². The zero-order chi connectivity index (χ0) is 12.3. The van der Waals surface area contributed by atoms with E-state index in [4.69, 9.17) is 5.11 Å². The maximum Gasteiger partial charge on any atom is 0.0537 e. The van der Waals surface area contributed by atoms with Crippen molar-refractivity contribution in [1.29, 1.82) is 0 Å². The summed E-state index contributed by atoms with van der Waals surface area (Å²) in [7, 11) is 2.19. The van der Waals surface area contributed by atoms with E-state index in [1.807, 2.05) is 11.8 Å². The lowest BCUT2D eigenvalue weighted by Gasteiger charge is -2.37. The van der Waals surface area contributed by atoms with Gasteiger partial charge in [-0.1, -0.05) is 19.1 Å². The highest BCUT2D eigenvalue weighted by molar-refractivity contribution is 7.99. The van der Waals surface area contributed by atoms with Crippen molar-refractivity contribution in [2.24, 2.45) is 0 Å². The molecule has 0 fully saturated rings. The normalized spacial score (nSPS) is 19.2. The Bertz CT molecular complexity index is 366. The Labute approximate surface area is 108 Å². The fraction of sp³-hybridized carbons (Fsp3) is 0.571. The quantitative estimate of drug-likeness (QED) is 0.890. The molecule has 0 spiro atoms. The molecule has 0 saturated heterocycles. The molecule has 1 atom stereocenters. The van der Waals surface area contributed by atoms with Crippen LogP contribution in [-0.4, -0.2) is 30.6 Å². The van der Waals surface area contributed by atoms with Gasteiger partial charge in [0.15, 0.2) is 0 Å². The van der Waals surface area contributed by atoms with E-state index in [2.05, 4.69) is 37.1 Å². The topological polar surface area (TPSA) is 23.5 Å². The van der Waals surface area contributed by atoms with Crippen LogP contribution in [0.1, 0.15) is 25.3 Å². The molecule has 0 radical (unpaired) electrons. The number of hydrogen-bond donors (Lipinski definition) is 1. The first-order chi connectivity index (χ1) is 8.27. The minimum Gasteiger partial charge on any atom is -0.396 e. The zero-order valence-corrected chi connectivity index (χ0v) is 11.5. The van der Waals surface area contributed by atoms with E-state index in [-0.39, 0.29) is 0 Å². The molecule has 0 aromatic heterocycles. The lowest BCUT2D eigenvalue weighted by molar-refractivity contribution is 0.280. The molecule has 3 heteroatoms. The van der Waals surface area contributed by atoms with Crippen molar-refractivity contribution in [1.82, 2.24) is 0 Å². The minimum atomic E-state index is 0.303. The molecule has 1 aromatic rings. The van der Waals surface area contributed by atoms with Gasteiger partial charge in [0, 0.05) is 30.3 Å². The average Bonchev–Trinajstić information content (AvgIpc) is 2.37. The monoisotopic (exact) mass is 251 g/mol. The summed E-state index contributed by atoms with van der Waals surface area (Å²) in [4.78, 5) is 3.83. The second-order valence-corrected chi connectivity index (χ2v) is 5.62. The number of thioether (sulfide) groups is 1. The van der Waals surface area contributed by atoms with Crippen molar-refractivity contribution in [3.05, 3.63) is 23.8 Å². The standard InChI is InChI=1S/C14H21NOS/c1-3-11-6-4-8-13-14(11)15(2)12(10-17-13)7-5-9-16/h4,6,8,12,16H,3,5,7,9-10H2,1-2H3. The van der Waals surface area contributed by atoms with E-state index in [9.17, 15) is 0 Å². The molecule has 1 unspecified atom stereocenters. The minimum absolute atomic E-state index is 0.303. The van der Waals surface area contributed by atoms with Gasteiger partial charge in [-0.05, 0) is 30.9 Å². The summed E-state index contributed by atoms with van der Waals surface area (Å²) in [6.45, 7) is 2.52. The van der Waals surface area contributed by atoms with E-state index < -0.39 is 0 Å². The number of benzene rings is 1. The summed E-state index contributed by atoms with van der Waals surface area (Å²) < 4.78 is 0. The summed E-state index contributed by atoms with van der Waals surface area (Å²) in [5, 5.41) is 8.95. The van der Waals surface area contributed by atoms with Crippen LogP contribution in [-0.2, 0) is 6.42 Å². The number of aliphatic hydroxyl groups is 1. The van der Waals surface area contributed by atoms with Gasteiger partial charge in [0.1, 0.15) is 0 Å². The van der Waals surface area contributed by atoms with Crippen LogP contribution in [0.2, 0.25) is 0 Å². The van der Waals surface area contributed by atoms with Crippen LogP contribution in [0.4, 0.5) is 5.69 Å². The van der Waals surface area contributed by atoms with Crippen LogP contribution in [0, 0.1) is 0 Å². The van der Waals surface area contributed by atoms with Gasteiger partial charge in [0.25, 0.3) is 0 Å². The maximum absolute atomic E-state index is 8.95. The molecule has 1 heterocycles. The Morgan fingerprint density at radius 2 is 2.29 bits per heavy atom. The highest BCUT2D eigenvalue weighted by Crippen LogP contribution is 2.40. The third-order valence-electron chi connectivity index (χ3n) is 3.49. The van der Waals surface area contributed by atoms with E-state index in [1.54, 1.807) is 0 Å². The molecule has 1 N–H and O–H groups in total. The third-order valence-corrected chi connectivity index (χ3v) is 4.68. The molecule has 0 aliphatic carbocycles. The SMILES string of the molecule is CCc1cccc2c1N(C)C(CCCO)CS2. The van der Waals surface area contributed by atoms with Gasteiger partial charge in [-0.3, -0.25) is 0 Å². The van der Waals surface area contributed by atoms with Gasteiger partial charge >= 0.3 is 0 Å². The number of anilines is 1.